The monoisotopic (exact) mass is 319 g/mol. The summed E-state index contributed by atoms with van der Waals surface area (Å²) in [4.78, 5) is 24.0. The fourth-order valence-corrected chi connectivity index (χ4v) is 2.88. The van der Waals surface area contributed by atoms with E-state index < -0.39 is 12.0 Å². The maximum absolute atomic E-state index is 12.2. The molecule has 0 radical (unpaired) electrons. The van der Waals surface area contributed by atoms with E-state index in [0.717, 1.165) is 10.4 Å². The molecule has 0 saturated heterocycles. The van der Waals surface area contributed by atoms with Gasteiger partial charge in [-0.2, -0.15) is 0 Å². The van der Waals surface area contributed by atoms with E-state index in [9.17, 15) is 9.59 Å². The number of carbonyl (C=O) groups is 2. The molecule has 5 nitrogen and oxygen atoms in total. The zero-order chi connectivity index (χ0) is 15.9. The van der Waals surface area contributed by atoms with Gasteiger partial charge in [-0.25, -0.2) is 0 Å². The lowest BCUT2D eigenvalue weighted by molar-refractivity contribution is -0.137. The maximum atomic E-state index is 12.2. The van der Waals surface area contributed by atoms with Crippen molar-refractivity contribution in [1.29, 1.82) is 0 Å². The second kappa shape index (κ2) is 7.61. The van der Waals surface area contributed by atoms with Crippen LogP contribution in [-0.4, -0.2) is 24.1 Å². The van der Waals surface area contributed by atoms with Gasteiger partial charge in [0.25, 0.3) is 0 Å². The molecule has 116 valence electrons. The molecule has 1 aromatic carbocycles. The third-order valence-electron chi connectivity index (χ3n) is 3.10. The van der Waals surface area contributed by atoms with Crippen molar-refractivity contribution in [3.8, 4) is 5.75 Å². The first-order chi connectivity index (χ1) is 10.6. The van der Waals surface area contributed by atoms with E-state index in [1.165, 1.54) is 11.3 Å². The minimum absolute atomic E-state index is 0.135. The summed E-state index contributed by atoms with van der Waals surface area (Å²) in [6, 6.07) is 10.4. The van der Waals surface area contributed by atoms with Crippen LogP contribution in [0.3, 0.4) is 0 Å². The molecule has 0 aliphatic heterocycles. The van der Waals surface area contributed by atoms with Crippen LogP contribution in [-0.2, 0) is 16.0 Å². The smallest absolute Gasteiger partial charge is 0.305 e. The minimum atomic E-state index is -0.944. The first-order valence-electron chi connectivity index (χ1n) is 6.76. The van der Waals surface area contributed by atoms with Crippen molar-refractivity contribution in [2.24, 2.45) is 0 Å². The van der Waals surface area contributed by atoms with Gasteiger partial charge in [0.05, 0.1) is 26.0 Å². The Morgan fingerprint density at radius 3 is 2.77 bits per heavy atom. The lowest BCUT2D eigenvalue weighted by Gasteiger charge is -2.15. The number of amides is 1. The molecular weight excluding hydrogens is 302 g/mol. The van der Waals surface area contributed by atoms with E-state index in [2.05, 4.69) is 5.32 Å². The van der Waals surface area contributed by atoms with Gasteiger partial charge >= 0.3 is 5.97 Å². The Balaban J connectivity index is 2.03. The first kappa shape index (κ1) is 16.0. The number of carboxylic acids is 1. The van der Waals surface area contributed by atoms with E-state index in [4.69, 9.17) is 9.84 Å². The number of nitrogens with one attached hydrogen (secondary N) is 1. The Hall–Kier alpha value is -2.34. The molecule has 2 N–H and O–H groups in total. The average molecular weight is 319 g/mol. The van der Waals surface area contributed by atoms with Crippen LogP contribution in [0.15, 0.2) is 41.8 Å². The molecule has 0 fully saturated rings. The maximum Gasteiger partial charge on any atom is 0.305 e. The molecule has 2 aromatic rings. The van der Waals surface area contributed by atoms with Crippen molar-refractivity contribution in [3.05, 3.63) is 52.2 Å². The molecule has 1 amide bonds. The molecule has 0 saturated carbocycles. The second-order valence-electron chi connectivity index (χ2n) is 4.76. The largest absolute Gasteiger partial charge is 0.497 e. The summed E-state index contributed by atoms with van der Waals surface area (Å²) in [5.41, 5.74) is 0.817. The minimum Gasteiger partial charge on any atom is -0.497 e. The van der Waals surface area contributed by atoms with Crippen molar-refractivity contribution in [2.45, 2.75) is 18.9 Å². The number of methoxy groups -OCH3 is 1. The summed E-state index contributed by atoms with van der Waals surface area (Å²) in [6.45, 7) is 0. The Morgan fingerprint density at radius 2 is 2.14 bits per heavy atom. The molecule has 1 heterocycles. The third-order valence-corrected chi connectivity index (χ3v) is 4.09. The molecular formula is C16H17NO4S. The van der Waals surface area contributed by atoms with Crippen molar-refractivity contribution in [1.82, 2.24) is 5.32 Å². The van der Waals surface area contributed by atoms with Crippen molar-refractivity contribution in [3.63, 3.8) is 0 Å². The number of ether oxygens (including phenoxy) is 1. The van der Waals surface area contributed by atoms with E-state index >= 15 is 0 Å². The fraction of sp³-hybridized carbons (Fsp3) is 0.250. The Labute approximate surface area is 132 Å². The van der Waals surface area contributed by atoms with Gasteiger partial charge in [-0.3, -0.25) is 9.59 Å². The van der Waals surface area contributed by atoms with Gasteiger partial charge in [-0.15, -0.1) is 11.3 Å². The van der Waals surface area contributed by atoms with E-state index in [1.54, 1.807) is 19.2 Å². The summed E-state index contributed by atoms with van der Waals surface area (Å²) >= 11 is 1.43. The highest BCUT2D eigenvalue weighted by atomic mass is 32.1. The molecule has 1 aromatic heterocycles. The zero-order valence-corrected chi connectivity index (χ0v) is 12.9. The summed E-state index contributed by atoms with van der Waals surface area (Å²) in [7, 11) is 1.57. The van der Waals surface area contributed by atoms with Gasteiger partial charge in [0, 0.05) is 4.88 Å². The van der Waals surface area contributed by atoms with Gasteiger partial charge in [0.1, 0.15) is 5.75 Å². The first-order valence-corrected chi connectivity index (χ1v) is 7.64. The average Bonchev–Trinajstić information content (AvgIpc) is 3.00. The van der Waals surface area contributed by atoms with Gasteiger partial charge < -0.3 is 15.2 Å². The summed E-state index contributed by atoms with van der Waals surface area (Å²) < 4.78 is 5.12. The molecule has 2 rings (SSSR count). The van der Waals surface area contributed by atoms with Crippen LogP contribution in [0.5, 0.6) is 5.75 Å². The lowest BCUT2D eigenvalue weighted by atomic mass is 10.1. The highest BCUT2D eigenvalue weighted by Gasteiger charge is 2.19. The third kappa shape index (κ3) is 4.60. The predicted octanol–water partition coefficient (Wildman–Crippen LogP) is 2.63. The second-order valence-corrected chi connectivity index (χ2v) is 5.74. The summed E-state index contributed by atoms with van der Waals surface area (Å²) in [6.07, 6.45) is 0.0447. The highest BCUT2D eigenvalue weighted by Crippen LogP contribution is 2.22. The lowest BCUT2D eigenvalue weighted by Crippen LogP contribution is -2.30. The Kier molecular flexibility index (Phi) is 5.55. The van der Waals surface area contributed by atoms with Gasteiger partial charge in [0.2, 0.25) is 5.91 Å². The molecule has 0 bridgehead atoms. The fourth-order valence-electron chi connectivity index (χ4n) is 2.10. The molecule has 22 heavy (non-hydrogen) atoms. The number of thiophene rings is 1. The van der Waals surface area contributed by atoms with Crippen LogP contribution >= 0.6 is 11.3 Å². The molecule has 0 unspecified atom stereocenters. The SMILES string of the molecule is COc1cccc(CC(=O)N[C@H](CC(=O)O)c2cccs2)c1. The standard InChI is InChI=1S/C16H17NO4S/c1-21-12-5-2-4-11(8-12)9-15(18)17-13(10-16(19)20)14-6-3-7-22-14/h2-8,13H,9-10H2,1H3,(H,17,18)(H,19,20)/t13-/m1/s1. The number of carbonyl (C=O) groups excluding carboxylic acids is 1. The molecule has 1 atom stereocenters. The van der Waals surface area contributed by atoms with Gasteiger partial charge in [0.15, 0.2) is 0 Å². The molecule has 0 spiro atoms. The van der Waals surface area contributed by atoms with Crippen LogP contribution in [0, 0.1) is 0 Å². The van der Waals surface area contributed by atoms with Crippen LogP contribution in [0.4, 0.5) is 0 Å². The summed E-state index contributed by atoms with van der Waals surface area (Å²) in [5, 5.41) is 13.6. The van der Waals surface area contributed by atoms with Crippen molar-refractivity contribution in [2.75, 3.05) is 7.11 Å². The topological polar surface area (TPSA) is 75.6 Å². The summed E-state index contributed by atoms with van der Waals surface area (Å²) in [5.74, 6) is -0.473. The number of hydrogen-bond acceptors (Lipinski definition) is 4. The van der Waals surface area contributed by atoms with Crippen LogP contribution in [0.25, 0.3) is 0 Å². The van der Waals surface area contributed by atoms with Crippen LogP contribution in [0.2, 0.25) is 0 Å². The van der Waals surface area contributed by atoms with Crippen LogP contribution in [0.1, 0.15) is 22.9 Å². The Morgan fingerprint density at radius 1 is 1.32 bits per heavy atom. The number of carboxylic acid groups (broad SMARTS) is 1. The van der Waals surface area contributed by atoms with E-state index in [0.29, 0.717) is 5.75 Å². The predicted molar refractivity (Wildman–Crippen MR) is 84.2 cm³/mol. The Bertz CT molecular complexity index is 639. The highest BCUT2D eigenvalue weighted by molar-refractivity contribution is 7.10. The molecule has 6 heteroatoms. The normalized spacial score (nSPS) is 11.7. The quantitative estimate of drug-likeness (QED) is 0.822. The molecule has 0 aliphatic carbocycles. The zero-order valence-electron chi connectivity index (χ0n) is 12.1. The van der Waals surface area contributed by atoms with Crippen molar-refractivity contribution < 1.29 is 19.4 Å². The van der Waals surface area contributed by atoms with Crippen molar-refractivity contribution >= 4 is 23.2 Å². The number of hydrogen-bond donors (Lipinski definition) is 2. The van der Waals surface area contributed by atoms with Crippen LogP contribution < -0.4 is 10.1 Å². The van der Waals surface area contributed by atoms with Gasteiger partial charge in [-0.05, 0) is 29.1 Å². The van der Waals surface area contributed by atoms with E-state index in [1.807, 2.05) is 29.6 Å². The van der Waals surface area contributed by atoms with E-state index in [-0.39, 0.29) is 18.7 Å². The number of rotatable bonds is 7. The number of benzene rings is 1. The van der Waals surface area contributed by atoms with Gasteiger partial charge in [-0.1, -0.05) is 18.2 Å². The molecule has 0 aliphatic rings. The number of aliphatic carboxylic acids is 1.